The first-order chi connectivity index (χ1) is 4.77. The summed E-state index contributed by atoms with van der Waals surface area (Å²) in [6.45, 7) is 2.06. The van der Waals surface area contributed by atoms with E-state index >= 15 is 0 Å². The van der Waals surface area contributed by atoms with Crippen LogP contribution >= 0.6 is 15.9 Å². The molecule has 0 saturated heterocycles. The van der Waals surface area contributed by atoms with Crippen molar-refractivity contribution in [1.82, 2.24) is 0 Å². The Morgan fingerprint density at radius 1 is 1.36 bits per heavy atom. The fourth-order valence-electron chi connectivity index (χ4n) is 1.16. The average Bonchev–Trinajstić information content (AvgIpc) is 2.35. The summed E-state index contributed by atoms with van der Waals surface area (Å²) in [6, 6.07) is 0. The molecule has 0 spiro atoms. The van der Waals surface area contributed by atoms with Gasteiger partial charge < -0.3 is 42.0 Å². The summed E-state index contributed by atoms with van der Waals surface area (Å²) in [5.41, 5.74) is 2.45. The standard InChI is InChI=1S/C8H6BrO.3ClH.Zr/c1-5-2-6-7(9)4-10-8(6)3-5;;;;/h2-3,8H,1H3;3*1H;/q-1;;;;+4/p-3. The van der Waals surface area contributed by atoms with Gasteiger partial charge in [-0.25, -0.2) is 0 Å². The van der Waals surface area contributed by atoms with E-state index in [-0.39, 0.29) is 69.5 Å². The predicted molar refractivity (Wildman–Crippen MR) is 42.4 cm³/mol. The van der Waals surface area contributed by atoms with E-state index < -0.39 is 0 Å². The largest absolute Gasteiger partial charge is 4.00 e. The van der Waals surface area contributed by atoms with Gasteiger partial charge in [0.1, 0.15) is 0 Å². The molecule has 6 heteroatoms. The van der Waals surface area contributed by atoms with Crippen LogP contribution in [0.15, 0.2) is 27.8 Å². The molecule has 2 aliphatic rings. The molecule has 1 atom stereocenters. The quantitative estimate of drug-likeness (QED) is 0.371. The predicted octanol–water partition coefficient (Wildman–Crippen LogP) is -6.68. The van der Waals surface area contributed by atoms with Crippen LogP contribution in [0.2, 0.25) is 0 Å². The zero-order chi connectivity index (χ0) is 7.14. The van der Waals surface area contributed by atoms with Crippen LogP contribution in [0.4, 0.5) is 0 Å². The van der Waals surface area contributed by atoms with Crippen LogP contribution in [-0.2, 0) is 30.9 Å². The Bertz CT molecular complexity index is 276. The van der Waals surface area contributed by atoms with Crippen molar-refractivity contribution in [1.29, 1.82) is 0 Å². The Kier molecular flexibility index (Phi) is 12.4. The second-order valence-electron chi connectivity index (χ2n) is 2.46. The van der Waals surface area contributed by atoms with E-state index in [0.29, 0.717) is 0 Å². The summed E-state index contributed by atoms with van der Waals surface area (Å²) in [5.74, 6) is 0. The molecule has 14 heavy (non-hydrogen) atoms. The minimum atomic E-state index is 0. The first-order valence-electron chi connectivity index (χ1n) is 3.12. The summed E-state index contributed by atoms with van der Waals surface area (Å²) in [4.78, 5) is 0. The Balaban J connectivity index is -0.000000302. The van der Waals surface area contributed by atoms with Crippen molar-refractivity contribution in [3.63, 3.8) is 0 Å². The van der Waals surface area contributed by atoms with E-state index in [1.165, 1.54) is 11.1 Å². The van der Waals surface area contributed by atoms with Gasteiger partial charge in [0.15, 0.2) is 0 Å². The van der Waals surface area contributed by atoms with E-state index in [1.807, 2.05) is 0 Å². The van der Waals surface area contributed by atoms with E-state index in [9.17, 15) is 0 Å². The van der Waals surface area contributed by atoms with E-state index in [2.05, 4.69) is 41.3 Å². The van der Waals surface area contributed by atoms with Gasteiger partial charge in [0.2, 0.25) is 0 Å². The molecule has 2 rings (SSSR count). The summed E-state index contributed by atoms with van der Waals surface area (Å²) in [7, 11) is 0. The molecule has 76 valence electrons. The van der Waals surface area contributed by atoms with Gasteiger partial charge in [-0.15, -0.1) is 16.1 Å². The number of rotatable bonds is 0. The smallest absolute Gasteiger partial charge is 1.00 e. The zero-order valence-corrected chi connectivity index (χ0v) is 13.5. The van der Waals surface area contributed by atoms with Crippen LogP contribution < -0.4 is 37.2 Å². The Labute approximate surface area is 130 Å². The summed E-state index contributed by atoms with van der Waals surface area (Å²) in [6.07, 6.45) is 7.08. The fourth-order valence-corrected chi connectivity index (χ4v) is 1.60. The van der Waals surface area contributed by atoms with Gasteiger partial charge in [0.05, 0.1) is 6.10 Å². The molecular formula is C8H6BrCl3OZr. The zero-order valence-electron chi connectivity index (χ0n) is 7.15. The van der Waals surface area contributed by atoms with Crippen molar-refractivity contribution >= 4 is 15.9 Å². The number of hydrogen-bond donors (Lipinski definition) is 0. The molecule has 0 aromatic rings. The van der Waals surface area contributed by atoms with Gasteiger partial charge >= 0.3 is 26.2 Å². The maximum Gasteiger partial charge on any atom is 4.00 e. The molecule has 0 fully saturated rings. The first-order valence-corrected chi connectivity index (χ1v) is 3.91. The molecule has 0 saturated carbocycles. The monoisotopic (exact) mass is 392 g/mol. The number of fused-ring (bicyclic) bond motifs is 1. The maximum absolute atomic E-state index is 5.18. The van der Waals surface area contributed by atoms with Crippen LogP contribution in [-0.4, -0.2) is 6.10 Å². The fraction of sp³-hybridized carbons (Fsp3) is 0.250. The number of allylic oxidation sites excluding steroid dienone is 2. The third-order valence-corrected chi connectivity index (χ3v) is 2.25. The Morgan fingerprint density at radius 2 is 1.93 bits per heavy atom. The second kappa shape index (κ2) is 8.41. The molecule has 1 unspecified atom stereocenters. The molecule has 0 bridgehead atoms. The minimum absolute atomic E-state index is 0. The maximum atomic E-state index is 5.18. The molecule has 1 heterocycles. The molecule has 0 aromatic heterocycles. The molecule has 0 radical (unpaired) electrons. The summed E-state index contributed by atoms with van der Waals surface area (Å²) in [5, 5.41) is 0. The molecule has 0 aromatic carbocycles. The van der Waals surface area contributed by atoms with E-state index in [4.69, 9.17) is 4.74 Å². The van der Waals surface area contributed by atoms with Crippen molar-refractivity contribution in [2.45, 2.75) is 13.0 Å². The number of ether oxygens (including phenoxy) is 1. The topological polar surface area (TPSA) is 9.23 Å². The van der Waals surface area contributed by atoms with Gasteiger partial charge in [0, 0.05) is 0 Å². The van der Waals surface area contributed by atoms with E-state index in [0.717, 1.165) is 4.48 Å². The van der Waals surface area contributed by atoms with Crippen LogP contribution in [0, 0.1) is 6.26 Å². The molecular weight excluding hydrogens is 390 g/mol. The third kappa shape index (κ3) is 4.02. The van der Waals surface area contributed by atoms with Crippen LogP contribution in [0.5, 0.6) is 0 Å². The van der Waals surface area contributed by atoms with Gasteiger partial charge in [-0.05, 0) is 6.92 Å². The van der Waals surface area contributed by atoms with Crippen LogP contribution in [0.3, 0.4) is 0 Å². The average molecular weight is 396 g/mol. The van der Waals surface area contributed by atoms with Gasteiger partial charge in [-0.3, -0.25) is 0 Å². The summed E-state index contributed by atoms with van der Waals surface area (Å²) < 4.78 is 6.13. The van der Waals surface area contributed by atoms with Crippen LogP contribution in [0.25, 0.3) is 0 Å². The molecule has 1 aliphatic heterocycles. The molecule has 0 amide bonds. The number of hydrogen-bond acceptors (Lipinski definition) is 1. The van der Waals surface area contributed by atoms with Crippen molar-refractivity contribution in [2.75, 3.05) is 0 Å². The molecule has 1 nitrogen and oxygen atoms in total. The van der Waals surface area contributed by atoms with Gasteiger partial charge in [0.25, 0.3) is 0 Å². The van der Waals surface area contributed by atoms with Crippen molar-refractivity contribution in [3.05, 3.63) is 34.0 Å². The minimum Gasteiger partial charge on any atom is -1.00 e. The SMILES string of the molecule is CC1=CC2O[C-]=C(Br)C2=C1.[Cl-].[Cl-].[Cl-].[Zr+4]. The van der Waals surface area contributed by atoms with Crippen LogP contribution in [0.1, 0.15) is 6.92 Å². The number of halogens is 4. The second-order valence-corrected chi connectivity index (χ2v) is 3.26. The first kappa shape index (κ1) is 20.6. The Morgan fingerprint density at radius 3 is 2.43 bits per heavy atom. The normalized spacial score (nSPS) is 20.4. The molecule has 1 aliphatic carbocycles. The Hall–Kier alpha value is 1.25. The van der Waals surface area contributed by atoms with Crippen molar-refractivity contribution in [2.24, 2.45) is 0 Å². The third-order valence-electron chi connectivity index (χ3n) is 1.63. The van der Waals surface area contributed by atoms with Crippen molar-refractivity contribution < 1.29 is 68.2 Å². The summed E-state index contributed by atoms with van der Waals surface area (Å²) >= 11 is 3.35. The van der Waals surface area contributed by atoms with E-state index in [1.54, 1.807) is 0 Å². The van der Waals surface area contributed by atoms with Gasteiger partial charge in [-0.2, -0.15) is 0 Å². The molecule has 0 N–H and O–H groups in total. The van der Waals surface area contributed by atoms with Gasteiger partial charge in [-0.1, -0.05) is 33.8 Å². The van der Waals surface area contributed by atoms with Crippen molar-refractivity contribution in [3.8, 4) is 0 Å².